The molecule has 0 spiro atoms. The number of amides is 1. The van der Waals surface area contributed by atoms with E-state index in [-0.39, 0.29) is 12.0 Å². The Morgan fingerprint density at radius 3 is 2.82 bits per heavy atom. The SMILES string of the molecule is COc1ccc(CCC(=O)Nc2ccc(C)cc2OCC2CCCO2)cc1Cl. The van der Waals surface area contributed by atoms with Gasteiger partial charge in [0.15, 0.2) is 0 Å². The van der Waals surface area contributed by atoms with Crippen molar-refractivity contribution in [3.63, 3.8) is 0 Å². The summed E-state index contributed by atoms with van der Waals surface area (Å²) in [6.45, 7) is 3.29. The first-order valence-corrected chi connectivity index (χ1v) is 9.90. The van der Waals surface area contributed by atoms with E-state index in [1.54, 1.807) is 7.11 Å². The molecule has 5 nitrogen and oxygen atoms in total. The zero-order chi connectivity index (χ0) is 19.9. The van der Waals surface area contributed by atoms with E-state index < -0.39 is 0 Å². The van der Waals surface area contributed by atoms with Crippen molar-refractivity contribution in [1.29, 1.82) is 0 Å². The number of benzene rings is 2. The van der Waals surface area contributed by atoms with Gasteiger partial charge in [-0.1, -0.05) is 23.7 Å². The van der Waals surface area contributed by atoms with Gasteiger partial charge in [-0.2, -0.15) is 0 Å². The minimum Gasteiger partial charge on any atom is -0.495 e. The lowest BCUT2D eigenvalue weighted by Gasteiger charge is -2.16. The first-order chi connectivity index (χ1) is 13.5. The van der Waals surface area contributed by atoms with Crippen molar-refractivity contribution in [3.05, 3.63) is 52.5 Å². The van der Waals surface area contributed by atoms with Crippen LogP contribution in [-0.4, -0.2) is 32.3 Å². The molecule has 2 aromatic carbocycles. The van der Waals surface area contributed by atoms with Crippen molar-refractivity contribution in [2.45, 2.75) is 38.7 Å². The molecule has 150 valence electrons. The Morgan fingerprint density at radius 1 is 1.25 bits per heavy atom. The molecule has 6 heteroatoms. The molecule has 1 atom stereocenters. The molecule has 1 unspecified atom stereocenters. The van der Waals surface area contributed by atoms with Crippen LogP contribution in [0.3, 0.4) is 0 Å². The minimum absolute atomic E-state index is 0.0715. The molecule has 28 heavy (non-hydrogen) atoms. The van der Waals surface area contributed by atoms with Crippen molar-refractivity contribution in [2.75, 3.05) is 25.6 Å². The molecule has 3 rings (SSSR count). The number of methoxy groups -OCH3 is 1. The Bertz CT molecular complexity index is 818. The van der Waals surface area contributed by atoms with Gasteiger partial charge in [0.1, 0.15) is 18.1 Å². The van der Waals surface area contributed by atoms with Gasteiger partial charge >= 0.3 is 0 Å². The summed E-state index contributed by atoms with van der Waals surface area (Å²) >= 11 is 6.15. The molecular formula is C22H26ClNO4. The third-order valence-electron chi connectivity index (χ3n) is 4.72. The van der Waals surface area contributed by atoms with Gasteiger partial charge in [-0.15, -0.1) is 0 Å². The van der Waals surface area contributed by atoms with E-state index in [2.05, 4.69) is 5.32 Å². The van der Waals surface area contributed by atoms with Crippen LogP contribution < -0.4 is 14.8 Å². The average Bonchev–Trinajstić information content (AvgIpc) is 3.20. The summed E-state index contributed by atoms with van der Waals surface area (Å²) in [5, 5.41) is 3.50. The maximum atomic E-state index is 12.4. The van der Waals surface area contributed by atoms with Gasteiger partial charge in [0.2, 0.25) is 5.91 Å². The fourth-order valence-electron chi connectivity index (χ4n) is 3.15. The van der Waals surface area contributed by atoms with Gasteiger partial charge < -0.3 is 19.5 Å². The molecule has 0 bridgehead atoms. The number of anilines is 1. The number of hydrogen-bond donors (Lipinski definition) is 1. The van der Waals surface area contributed by atoms with Crippen molar-refractivity contribution >= 4 is 23.2 Å². The van der Waals surface area contributed by atoms with Crippen LogP contribution in [0.25, 0.3) is 0 Å². The van der Waals surface area contributed by atoms with Crippen LogP contribution in [0.1, 0.15) is 30.4 Å². The molecule has 1 saturated heterocycles. The van der Waals surface area contributed by atoms with E-state index in [1.165, 1.54) is 0 Å². The highest BCUT2D eigenvalue weighted by Gasteiger charge is 2.17. The second kappa shape index (κ2) is 9.80. The van der Waals surface area contributed by atoms with Crippen molar-refractivity contribution < 1.29 is 19.0 Å². The molecule has 1 fully saturated rings. The lowest BCUT2D eigenvalue weighted by molar-refractivity contribution is -0.116. The molecule has 1 heterocycles. The lowest BCUT2D eigenvalue weighted by atomic mass is 10.1. The number of carbonyl (C=O) groups is 1. The highest BCUT2D eigenvalue weighted by molar-refractivity contribution is 6.32. The zero-order valence-electron chi connectivity index (χ0n) is 16.3. The number of aryl methyl sites for hydroxylation is 2. The summed E-state index contributed by atoms with van der Waals surface area (Å²) in [7, 11) is 1.58. The first kappa shape index (κ1) is 20.5. The van der Waals surface area contributed by atoms with Crippen molar-refractivity contribution in [3.8, 4) is 11.5 Å². The summed E-state index contributed by atoms with van der Waals surface area (Å²) in [5.41, 5.74) is 2.74. The number of nitrogens with one attached hydrogen (secondary N) is 1. The summed E-state index contributed by atoms with van der Waals surface area (Å²) in [6, 6.07) is 11.3. The molecule has 1 aliphatic heterocycles. The molecule has 1 aliphatic rings. The molecule has 1 N–H and O–H groups in total. The summed E-state index contributed by atoms with van der Waals surface area (Å²) in [5.74, 6) is 1.23. The second-order valence-corrected chi connectivity index (χ2v) is 7.37. The smallest absolute Gasteiger partial charge is 0.224 e. The Balaban J connectivity index is 1.57. The third-order valence-corrected chi connectivity index (χ3v) is 5.01. The van der Waals surface area contributed by atoms with Crippen molar-refractivity contribution in [1.82, 2.24) is 0 Å². The van der Waals surface area contributed by atoms with Crippen LogP contribution in [0.15, 0.2) is 36.4 Å². The van der Waals surface area contributed by atoms with Crippen LogP contribution in [0.5, 0.6) is 11.5 Å². The van der Waals surface area contributed by atoms with Gasteiger partial charge in [-0.05, 0) is 61.6 Å². The lowest BCUT2D eigenvalue weighted by Crippen LogP contribution is -2.18. The maximum absolute atomic E-state index is 12.4. The highest BCUT2D eigenvalue weighted by atomic mass is 35.5. The zero-order valence-corrected chi connectivity index (χ0v) is 17.1. The second-order valence-electron chi connectivity index (χ2n) is 6.96. The van der Waals surface area contributed by atoms with Crippen LogP contribution in [0, 0.1) is 6.92 Å². The van der Waals surface area contributed by atoms with E-state index in [9.17, 15) is 4.79 Å². The topological polar surface area (TPSA) is 56.8 Å². The molecular weight excluding hydrogens is 378 g/mol. The Morgan fingerprint density at radius 2 is 2.11 bits per heavy atom. The molecule has 1 amide bonds. The number of halogens is 1. The first-order valence-electron chi connectivity index (χ1n) is 9.52. The Labute approximate surface area is 170 Å². The number of rotatable bonds is 8. The standard InChI is InChI=1S/C22H26ClNO4/c1-15-5-8-19(21(12-15)28-14-17-4-3-11-27-17)24-22(25)10-7-16-6-9-20(26-2)18(23)13-16/h5-6,8-9,12-13,17H,3-4,7,10-11,14H2,1-2H3,(H,24,25). The molecule has 2 aromatic rings. The molecule has 0 aliphatic carbocycles. The average molecular weight is 404 g/mol. The highest BCUT2D eigenvalue weighted by Crippen LogP contribution is 2.28. The van der Waals surface area contributed by atoms with Crippen LogP contribution >= 0.6 is 11.6 Å². The predicted molar refractivity (Wildman–Crippen MR) is 111 cm³/mol. The normalized spacial score (nSPS) is 16.0. The van der Waals surface area contributed by atoms with Gasteiger partial charge in [-0.3, -0.25) is 4.79 Å². The predicted octanol–water partition coefficient (Wildman–Crippen LogP) is 4.79. The summed E-state index contributed by atoms with van der Waals surface area (Å²) in [6.07, 6.45) is 3.15. The summed E-state index contributed by atoms with van der Waals surface area (Å²) in [4.78, 5) is 12.4. The van der Waals surface area contributed by atoms with Crippen LogP contribution in [0.2, 0.25) is 5.02 Å². The quantitative estimate of drug-likeness (QED) is 0.688. The van der Waals surface area contributed by atoms with E-state index in [4.69, 9.17) is 25.8 Å². The number of carbonyl (C=O) groups excluding carboxylic acids is 1. The minimum atomic E-state index is -0.0715. The molecule has 0 aromatic heterocycles. The monoisotopic (exact) mass is 403 g/mol. The van der Waals surface area contributed by atoms with E-state index in [0.717, 1.165) is 30.6 Å². The maximum Gasteiger partial charge on any atom is 0.224 e. The van der Waals surface area contributed by atoms with Gasteiger partial charge in [0, 0.05) is 13.0 Å². The fraction of sp³-hybridized carbons (Fsp3) is 0.409. The molecule has 0 radical (unpaired) electrons. The largest absolute Gasteiger partial charge is 0.495 e. The third kappa shape index (κ3) is 5.63. The summed E-state index contributed by atoms with van der Waals surface area (Å²) < 4.78 is 16.7. The van der Waals surface area contributed by atoms with E-state index >= 15 is 0 Å². The van der Waals surface area contributed by atoms with Gasteiger partial charge in [0.05, 0.1) is 23.9 Å². The number of ether oxygens (including phenoxy) is 3. The number of hydrogen-bond acceptors (Lipinski definition) is 4. The van der Waals surface area contributed by atoms with Crippen molar-refractivity contribution in [2.24, 2.45) is 0 Å². The molecule has 0 saturated carbocycles. The van der Waals surface area contributed by atoms with Gasteiger partial charge in [-0.25, -0.2) is 0 Å². The van der Waals surface area contributed by atoms with E-state index in [0.29, 0.717) is 41.7 Å². The Kier molecular flexibility index (Phi) is 7.18. The Hall–Kier alpha value is -2.24. The van der Waals surface area contributed by atoms with Gasteiger partial charge in [0.25, 0.3) is 0 Å². The van der Waals surface area contributed by atoms with Crippen LogP contribution in [-0.2, 0) is 16.0 Å². The van der Waals surface area contributed by atoms with Crippen LogP contribution in [0.4, 0.5) is 5.69 Å². The fourth-order valence-corrected chi connectivity index (χ4v) is 3.43. The van der Waals surface area contributed by atoms with E-state index in [1.807, 2.05) is 43.3 Å².